The fraction of sp³-hybridized carbons (Fsp3) is 0.0566. The van der Waals surface area contributed by atoms with Gasteiger partial charge < -0.3 is 0 Å². The number of hydrogen-bond donors (Lipinski definition) is 0. The van der Waals surface area contributed by atoms with Crippen LogP contribution in [0.3, 0.4) is 0 Å². The van der Waals surface area contributed by atoms with Gasteiger partial charge in [0.1, 0.15) is 11.5 Å². The summed E-state index contributed by atoms with van der Waals surface area (Å²) >= 11 is 1.87. The van der Waals surface area contributed by atoms with E-state index in [4.69, 9.17) is 9.97 Å². The van der Waals surface area contributed by atoms with E-state index in [9.17, 15) is 0 Å². The van der Waals surface area contributed by atoms with Crippen LogP contribution in [-0.2, 0) is 5.41 Å². The average Bonchev–Trinajstić information content (AvgIpc) is 3.93. The molecule has 0 fully saturated rings. The molecule has 0 saturated carbocycles. The monoisotopic (exact) mass is 790 g/mol. The van der Waals surface area contributed by atoms with Gasteiger partial charge in [0, 0.05) is 66.2 Å². The Kier molecular flexibility index (Phi) is 7.43. The maximum atomic E-state index is 5.18. The standard InChI is InChI=1S/C53H38N4SSi/c1-53(2)45-23-14-28-54-52(45)57(48-34-50-43(33-46(48)53)42-22-10-12-25-49(42)58-50)35-15-13-20-38(31-35)59(36-16-5-3-6-17-36,37-18-7-4-8-19-37)39-26-27-40-41-21-9-11-24-47(41)56-30-29-55-51(56)44(40)32-39/h3-34H,1-2H3. The van der Waals surface area contributed by atoms with E-state index in [1.54, 1.807) is 0 Å². The van der Waals surface area contributed by atoms with Crippen LogP contribution in [-0.4, -0.2) is 22.4 Å². The molecule has 4 nitrogen and oxygen atoms in total. The number of nitrogens with zero attached hydrogens (tertiary/aromatic N) is 4. The minimum absolute atomic E-state index is 0.260. The topological polar surface area (TPSA) is 33.4 Å². The lowest BCUT2D eigenvalue weighted by Gasteiger charge is -2.41. The second kappa shape index (κ2) is 12.8. The van der Waals surface area contributed by atoms with Crippen molar-refractivity contribution in [2.45, 2.75) is 19.3 Å². The van der Waals surface area contributed by atoms with Crippen molar-refractivity contribution in [1.29, 1.82) is 0 Å². The van der Waals surface area contributed by atoms with Crippen molar-refractivity contribution in [3.63, 3.8) is 0 Å². The van der Waals surface area contributed by atoms with E-state index in [1.807, 2.05) is 23.7 Å². The number of para-hydroxylation sites is 1. The predicted molar refractivity (Wildman–Crippen MR) is 251 cm³/mol. The smallest absolute Gasteiger partial charge is 0.179 e. The third-order valence-electron chi connectivity index (χ3n) is 12.8. The van der Waals surface area contributed by atoms with Gasteiger partial charge in [-0.2, -0.15) is 0 Å². The van der Waals surface area contributed by atoms with E-state index in [0.29, 0.717) is 0 Å². The first-order valence-electron chi connectivity index (χ1n) is 20.2. The summed E-state index contributed by atoms with van der Waals surface area (Å²) in [5.74, 6) is 0.980. The molecule has 5 heterocycles. The Morgan fingerprint density at radius 1 is 0.492 bits per heavy atom. The van der Waals surface area contributed by atoms with Gasteiger partial charge in [0.25, 0.3) is 0 Å². The summed E-state index contributed by atoms with van der Waals surface area (Å²) in [4.78, 5) is 12.6. The molecule has 0 spiro atoms. The Morgan fingerprint density at radius 2 is 1.20 bits per heavy atom. The van der Waals surface area contributed by atoms with Gasteiger partial charge >= 0.3 is 0 Å². The number of rotatable bonds is 5. The summed E-state index contributed by atoms with van der Waals surface area (Å²) in [7, 11) is -3.01. The number of fused-ring (bicyclic) bond motifs is 11. The van der Waals surface area contributed by atoms with Gasteiger partial charge in [-0.3, -0.25) is 9.30 Å². The molecule has 0 unspecified atom stereocenters. The van der Waals surface area contributed by atoms with Crippen molar-refractivity contribution in [3.05, 3.63) is 206 Å². The van der Waals surface area contributed by atoms with Crippen LogP contribution in [0.1, 0.15) is 25.0 Å². The van der Waals surface area contributed by atoms with Gasteiger partial charge in [0.05, 0.1) is 11.2 Å². The van der Waals surface area contributed by atoms with Crippen molar-refractivity contribution in [3.8, 4) is 0 Å². The molecule has 280 valence electrons. The molecule has 0 aliphatic carbocycles. The van der Waals surface area contributed by atoms with Crippen molar-refractivity contribution in [2.75, 3.05) is 4.90 Å². The number of pyridine rings is 2. The van der Waals surface area contributed by atoms with Crippen molar-refractivity contribution < 1.29 is 0 Å². The molecule has 0 amide bonds. The molecular formula is C53H38N4SSi. The number of thiophene rings is 1. The average molecular weight is 791 g/mol. The molecule has 1 aliphatic rings. The summed E-state index contributed by atoms with van der Waals surface area (Å²) in [6, 6.07) is 65.7. The highest BCUT2D eigenvalue weighted by Gasteiger charge is 2.43. The third-order valence-corrected chi connectivity index (χ3v) is 18.7. The molecule has 0 atom stereocenters. The number of benzene rings is 7. The van der Waals surface area contributed by atoms with Crippen molar-refractivity contribution >= 4 is 105 Å². The first kappa shape index (κ1) is 34.2. The van der Waals surface area contributed by atoms with Crippen LogP contribution in [0.15, 0.2) is 195 Å². The van der Waals surface area contributed by atoms with Gasteiger partial charge in [-0.15, -0.1) is 11.3 Å². The van der Waals surface area contributed by atoms with Crippen molar-refractivity contribution in [1.82, 2.24) is 14.4 Å². The summed E-state index contributed by atoms with van der Waals surface area (Å²) in [6.07, 6.45) is 5.95. The van der Waals surface area contributed by atoms with Crippen LogP contribution in [0.5, 0.6) is 0 Å². The largest absolute Gasteiger partial charge is 0.299 e. The maximum Gasteiger partial charge on any atom is 0.179 e. The third kappa shape index (κ3) is 4.88. The highest BCUT2D eigenvalue weighted by molar-refractivity contribution is 7.25. The molecular weight excluding hydrogens is 753 g/mol. The summed E-state index contributed by atoms with van der Waals surface area (Å²) in [6.45, 7) is 4.70. The molecule has 0 N–H and O–H groups in total. The van der Waals surface area contributed by atoms with E-state index in [2.05, 4.69) is 205 Å². The fourth-order valence-corrected chi connectivity index (χ4v) is 16.0. The lowest BCUT2D eigenvalue weighted by atomic mass is 9.74. The quantitative estimate of drug-likeness (QED) is 0.0989. The Labute approximate surface area is 347 Å². The predicted octanol–water partition coefficient (Wildman–Crippen LogP) is 10.9. The second-order valence-electron chi connectivity index (χ2n) is 16.2. The zero-order chi connectivity index (χ0) is 39.3. The first-order valence-corrected chi connectivity index (χ1v) is 23.0. The van der Waals surface area contributed by atoms with Crippen molar-refractivity contribution in [2.24, 2.45) is 0 Å². The van der Waals surface area contributed by atoms with Crippen LogP contribution >= 0.6 is 11.3 Å². The molecule has 1 aliphatic heterocycles. The Hall–Kier alpha value is -6.86. The summed E-state index contributed by atoms with van der Waals surface area (Å²) in [5.41, 5.74) is 6.69. The molecule has 4 aromatic heterocycles. The molecule has 0 bridgehead atoms. The molecule has 0 radical (unpaired) electrons. The second-order valence-corrected chi connectivity index (χ2v) is 21.1. The summed E-state index contributed by atoms with van der Waals surface area (Å²) in [5, 5.41) is 11.5. The Bertz CT molecular complexity index is 3400. The number of imidazole rings is 1. The molecule has 12 rings (SSSR count). The van der Waals surface area contributed by atoms with Crippen LogP contribution in [0.25, 0.3) is 47.5 Å². The minimum Gasteiger partial charge on any atom is -0.299 e. The molecule has 7 aromatic carbocycles. The minimum atomic E-state index is -3.01. The number of hydrogen-bond acceptors (Lipinski definition) is 4. The zero-order valence-electron chi connectivity index (χ0n) is 32.7. The highest BCUT2D eigenvalue weighted by atomic mass is 32.1. The molecule has 59 heavy (non-hydrogen) atoms. The van der Waals surface area contributed by atoms with E-state index in [0.717, 1.165) is 28.1 Å². The normalized spacial score (nSPS) is 13.7. The molecule has 6 heteroatoms. The Balaban J connectivity index is 1.16. The van der Waals surface area contributed by atoms with Gasteiger partial charge in [0.2, 0.25) is 0 Å². The molecule has 11 aromatic rings. The van der Waals surface area contributed by atoms with Gasteiger partial charge in [0.15, 0.2) is 8.07 Å². The van der Waals surface area contributed by atoms with E-state index in [-0.39, 0.29) is 5.41 Å². The molecule has 0 saturated heterocycles. The van der Waals surface area contributed by atoms with Crippen LogP contribution in [0.4, 0.5) is 17.2 Å². The van der Waals surface area contributed by atoms with Gasteiger partial charge in [-0.1, -0.05) is 147 Å². The lowest BCUT2D eigenvalue weighted by Crippen LogP contribution is -2.74. The van der Waals surface area contributed by atoms with Gasteiger partial charge in [-0.05, 0) is 74.2 Å². The van der Waals surface area contributed by atoms with E-state index < -0.39 is 8.07 Å². The lowest BCUT2D eigenvalue weighted by molar-refractivity contribution is 0.628. The summed E-state index contributed by atoms with van der Waals surface area (Å²) < 4.78 is 4.83. The van der Waals surface area contributed by atoms with E-state index >= 15 is 0 Å². The fourth-order valence-electron chi connectivity index (χ4n) is 10.1. The van der Waals surface area contributed by atoms with E-state index in [1.165, 1.54) is 68.5 Å². The maximum absolute atomic E-state index is 5.18. The Morgan fingerprint density at radius 3 is 2.02 bits per heavy atom. The zero-order valence-corrected chi connectivity index (χ0v) is 34.5. The van der Waals surface area contributed by atoms with Crippen LogP contribution in [0.2, 0.25) is 0 Å². The van der Waals surface area contributed by atoms with Gasteiger partial charge in [-0.25, -0.2) is 9.97 Å². The SMILES string of the molecule is CC1(C)c2cc3c(cc2N(c2cccc([Si](c4ccccc4)(c4ccccc4)c4ccc5c6ccccc6n6ccnc6c5c4)c2)c2ncccc21)sc1ccccc13. The van der Waals surface area contributed by atoms with Crippen LogP contribution < -0.4 is 25.6 Å². The number of anilines is 3. The highest BCUT2D eigenvalue weighted by Crippen LogP contribution is 2.53. The number of aromatic nitrogens is 3. The van der Waals surface area contributed by atoms with Crippen LogP contribution in [0, 0.1) is 0 Å². The first-order chi connectivity index (χ1) is 29.0.